The predicted molar refractivity (Wildman–Crippen MR) is 158 cm³/mol. The number of nitrogens with zero attached hydrogens (tertiary/aromatic N) is 5. The minimum absolute atomic E-state index is 0.00759. The number of nitrogens with one attached hydrogen (secondary N) is 3. The zero-order valence-corrected chi connectivity index (χ0v) is 24.5. The largest absolute Gasteiger partial charge is 0.433 e. The minimum Gasteiger partial charge on any atom is -0.354 e. The number of rotatable bonds is 9. The van der Waals surface area contributed by atoms with Crippen molar-refractivity contribution in [3.05, 3.63) is 59.4 Å². The molecular weight excluding hydrogens is 594 g/mol. The van der Waals surface area contributed by atoms with Crippen LogP contribution in [0.15, 0.2) is 41.8 Å². The fourth-order valence-electron chi connectivity index (χ4n) is 5.42. The number of nitrogens with two attached hydrogens (primary N) is 1. The van der Waals surface area contributed by atoms with Gasteiger partial charge in [-0.3, -0.25) is 19.0 Å². The molecule has 0 spiro atoms. The molecule has 1 aromatic carbocycles. The van der Waals surface area contributed by atoms with Gasteiger partial charge in [-0.25, -0.2) is 14.4 Å². The van der Waals surface area contributed by atoms with Gasteiger partial charge < -0.3 is 21.7 Å². The number of aromatic nitrogens is 3. The molecule has 2 atom stereocenters. The van der Waals surface area contributed by atoms with E-state index in [-0.39, 0.29) is 71.4 Å². The number of carbonyl (C=O) groups excluding carboxylic acids is 2. The van der Waals surface area contributed by atoms with E-state index in [2.05, 4.69) is 30.9 Å². The van der Waals surface area contributed by atoms with E-state index in [9.17, 15) is 22.8 Å². The van der Waals surface area contributed by atoms with Crippen molar-refractivity contribution in [2.24, 2.45) is 22.6 Å². The van der Waals surface area contributed by atoms with Crippen LogP contribution >= 0.6 is 0 Å². The zero-order chi connectivity index (χ0) is 32.5. The highest BCUT2D eigenvalue weighted by Gasteiger charge is 2.41. The van der Waals surface area contributed by atoms with E-state index in [1.54, 1.807) is 13.8 Å². The molecule has 236 valence electrons. The summed E-state index contributed by atoms with van der Waals surface area (Å²) in [6, 6.07) is 4.16. The van der Waals surface area contributed by atoms with Gasteiger partial charge in [0.05, 0.1) is 23.5 Å². The molecule has 0 bridgehead atoms. The molecule has 5 N–H and O–H groups in total. The number of carbonyl (C=O) groups is 2. The molecule has 1 fully saturated rings. The highest BCUT2D eigenvalue weighted by atomic mass is 19.4. The fraction of sp³-hybridized carbons (Fsp3) is 0.400. The molecule has 1 aliphatic carbocycles. The van der Waals surface area contributed by atoms with E-state index in [0.29, 0.717) is 18.4 Å². The first-order chi connectivity index (χ1) is 21.3. The molecule has 0 saturated heterocycles. The number of allylic oxidation sites excluding steroid dienone is 1. The lowest BCUT2D eigenvalue weighted by atomic mass is 9.80. The standard InChI is InChI=1S/C30H31F4N9O2/c1-15-7-20(11-22(31)24(15)29(45)41-16(2)12-40-28(44)18-9-19(36)10-18)42-26-27-39-14-23(43(27)6-5-37-26)21-8-17(3-4-35)13-38-25(21)30(32,33)34/h5-8,11,14,16-19H,3,9-10,12-13,36H2,1-2H3,(H,37,42)(H,40,44)(H,41,45)/t16-,17?,18-,19+/m1/s1. The van der Waals surface area contributed by atoms with Crippen molar-refractivity contribution in [1.29, 1.82) is 5.26 Å². The second-order valence-corrected chi connectivity index (χ2v) is 11.3. The first-order valence-electron chi connectivity index (χ1n) is 14.3. The molecule has 0 radical (unpaired) electrons. The Labute approximate surface area is 255 Å². The molecular formula is C30H31F4N9O2. The first-order valence-corrected chi connectivity index (χ1v) is 14.3. The lowest BCUT2D eigenvalue weighted by Crippen LogP contribution is -2.48. The Bertz CT molecular complexity index is 1710. The number of halogens is 4. The quantitative estimate of drug-likeness (QED) is 0.263. The summed E-state index contributed by atoms with van der Waals surface area (Å²) in [6.07, 6.45) is 1.97. The summed E-state index contributed by atoms with van der Waals surface area (Å²) in [5.41, 5.74) is 5.11. The molecule has 1 unspecified atom stereocenters. The third-order valence-electron chi connectivity index (χ3n) is 7.75. The summed E-state index contributed by atoms with van der Waals surface area (Å²) in [4.78, 5) is 37.3. The average Bonchev–Trinajstić information content (AvgIpc) is 3.38. The van der Waals surface area contributed by atoms with E-state index in [0.717, 1.165) is 6.07 Å². The Morgan fingerprint density at radius 2 is 2.00 bits per heavy atom. The molecule has 1 saturated carbocycles. The van der Waals surface area contributed by atoms with Gasteiger partial charge in [0.15, 0.2) is 11.5 Å². The zero-order valence-electron chi connectivity index (χ0n) is 24.5. The number of nitriles is 1. The van der Waals surface area contributed by atoms with E-state index in [1.807, 2.05) is 6.07 Å². The lowest BCUT2D eigenvalue weighted by Gasteiger charge is -2.31. The van der Waals surface area contributed by atoms with Crippen LogP contribution < -0.4 is 21.7 Å². The summed E-state index contributed by atoms with van der Waals surface area (Å²) >= 11 is 0. The number of aryl methyl sites for hydroxylation is 1. The first kappa shape index (κ1) is 31.6. The fourth-order valence-corrected chi connectivity index (χ4v) is 5.42. The van der Waals surface area contributed by atoms with Gasteiger partial charge in [-0.15, -0.1) is 0 Å². The smallest absolute Gasteiger partial charge is 0.354 e. The SMILES string of the molecule is Cc1cc(Nc2nccn3c(C4=CC(CC#N)CN=C4C(F)(F)F)cnc23)cc(F)c1C(=O)N[C@H](C)CNC(=O)[C@H]1C[C@@H](N)C1. The topological polar surface area (TPSA) is 163 Å². The predicted octanol–water partition coefficient (Wildman–Crippen LogP) is 3.82. The third-order valence-corrected chi connectivity index (χ3v) is 7.75. The van der Waals surface area contributed by atoms with Crippen LogP contribution in [0.5, 0.6) is 0 Å². The number of alkyl halides is 3. The van der Waals surface area contributed by atoms with Gasteiger partial charge in [-0.2, -0.15) is 18.4 Å². The van der Waals surface area contributed by atoms with Gasteiger partial charge in [-0.05, 0) is 44.4 Å². The maximum Gasteiger partial charge on any atom is 0.433 e. The normalized spacial score (nSPS) is 20.4. The summed E-state index contributed by atoms with van der Waals surface area (Å²) < 4.78 is 58.2. The highest BCUT2D eigenvalue weighted by Crippen LogP contribution is 2.34. The van der Waals surface area contributed by atoms with Crippen LogP contribution in [0.4, 0.5) is 29.1 Å². The number of hydrogen-bond donors (Lipinski definition) is 4. The number of amides is 2. The molecule has 3 heterocycles. The van der Waals surface area contributed by atoms with Gasteiger partial charge in [-0.1, -0.05) is 6.08 Å². The van der Waals surface area contributed by atoms with E-state index >= 15 is 4.39 Å². The molecule has 2 aliphatic rings. The van der Waals surface area contributed by atoms with Crippen molar-refractivity contribution in [1.82, 2.24) is 25.0 Å². The van der Waals surface area contributed by atoms with E-state index in [4.69, 9.17) is 11.0 Å². The van der Waals surface area contributed by atoms with Crippen molar-refractivity contribution < 1.29 is 27.2 Å². The molecule has 5 rings (SSSR count). The maximum atomic E-state index is 15.3. The molecule has 15 heteroatoms. The molecule has 11 nitrogen and oxygen atoms in total. The van der Waals surface area contributed by atoms with Crippen LogP contribution in [0, 0.1) is 35.9 Å². The van der Waals surface area contributed by atoms with Gasteiger partial charge in [0.2, 0.25) is 5.91 Å². The maximum absolute atomic E-state index is 15.3. The monoisotopic (exact) mass is 625 g/mol. The average molecular weight is 626 g/mol. The number of imidazole rings is 1. The number of hydrogen-bond acceptors (Lipinski definition) is 8. The third kappa shape index (κ3) is 6.80. The number of aliphatic imine (C=N–C) groups is 1. The molecule has 45 heavy (non-hydrogen) atoms. The molecule has 3 aromatic rings. The van der Waals surface area contributed by atoms with Crippen molar-refractivity contribution in [3.63, 3.8) is 0 Å². The number of dihydropyridines is 1. The summed E-state index contributed by atoms with van der Waals surface area (Å²) in [5, 5.41) is 17.5. The van der Waals surface area contributed by atoms with Crippen molar-refractivity contribution >= 4 is 40.3 Å². The van der Waals surface area contributed by atoms with Crippen LogP contribution in [0.25, 0.3) is 11.2 Å². The highest BCUT2D eigenvalue weighted by molar-refractivity contribution is 6.26. The minimum atomic E-state index is -4.72. The molecule has 1 aliphatic heterocycles. The Balaban J connectivity index is 1.33. The summed E-state index contributed by atoms with van der Waals surface area (Å²) in [5.74, 6) is -2.08. The number of fused-ring (bicyclic) bond motifs is 1. The van der Waals surface area contributed by atoms with Crippen molar-refractivity contribution in [2.45, 2.75) is 51.4 Å². The molecule has 2 amide bonds. The van der Waals surface area contributed by atoms with Crippen molar-refractivity contribution in [3.8, 4) is 6.07 Å². The lowest BCUT2D eigenvalue weighted by molar-refractivity contribution is -0.127. The van der Waals surface area contributed by atoms with Crippen LogP contribution in [0.2, 0.25) is 0 Å². The Morgan fingerprint density at radius 3 is 2.67 bits per heavy atom. The Morgan fingerprint density at radius 1 is 1.24 bits per heavy atom. The van der Waals surface area contributed by atoms with Crippen LogP contribution in [-0.4, -0.2) is 63.2 Å². The van der Waals surface area contributed by atoms with E-state index < -0.39 is 35.6 Å². The summed E-state index contributed by atoms with van der Waals surface area (Å²) in [7, 11) is 0. The van der Waals surface area contributed by atoms with Crippen LogP contribution in [0.3, 0.4) is 0 Å². The Kier molecular flexibility index (Phi) is 8.87. The van der Waals surface area contributed by atoms with Crippen LogP contribution in [-0.2, 0) is 4.79 Å². The van der Waals surface area contributed by atoms with Gasteiger partial charge in [0.25, 0.3) is 5.91 Å². The summed E-state index contributed by atoms with van der Waals surface area (Å²) in [6.45, 7) is 3.27. The van der Waals surface area contributed by atoms with Gasteiger partial charge in [0, 0.05) is 67.1 Å². The second-order valence-electron chi connectivity index (χ2n) is 11.3. The Hall–Kier alpha value is -4.84. The van der Waals surface area contributed by atoms with Crippen molar-refractivity contribution in [2.75, 3.05) is 18.4 Å². The van der Waals surface area contributed by atoms with Crippen LogP contribution in [0.1, 0.15) is 47.8 Å². The molecule has 2 aromatic heterocycles. The van der Waals surface area contributed by atoms with E-state index in [1.165, 1.54) is 35.1 Å². The number of benzene rings is 1. The van der Waals surface area contributed by atoms with Gasteiger partial charge >= 0.3 is 6.18 Å². The number of anilines is 2. The second kappa shape index (κ2) is 12.6. The van der Waals surface area contributed by atoms with Gasteiger partial charge in [0.1, 0.15) is 11.5 Å².